The monoisotopic (exact) mass is 300 g/mol. The van der Waals surface area contributed by atoms with Crippen molar-refractivity contribution in [3.8, 4) is 0 Å². The summed E-state index contributed by atoms with van der Waals surface area (Å²) in [5.74, 6) is 0.0866. The average molecular weight is 301 g/mol. The van der Waals surface area contributed by atoms with Crippen LogP contribution in [0.5, 0.6) is 0 Å². The second-order valence-electron chi connectivity index (χ2n) is 5.17. The van der Waals surface area contributed by atoms with Crippen LogP contribution in [0.3, 0.4) is 0 Å². The van der Waals surface area contributed by atoms with Gasteiger partial charge < -0.3 is 10.6 Å². The number of nitrogens with zero attached hydrogens (tertiary/aromatic N) is 1. The summed E-state index contributed by atoms with van der Waals surface area (Å²) in [6, 6.07) is 6.20. The molecule has 5 heteroatoms. The molecule has 1 amide bonds. The maximum atomic E-state index is 12.9. The molecule has 112 valence electrons. The fourth-order valence-electron chi connectivity index (χ4n) is 2.78. The highest BCUT2D eigenvalue weighted by Gasteiger charge is 2.28. The molecule has 0 radical (unpaired) electrons. The molecule has 1 aromatic rings. The SMILES string of the molecule is CCN(C(=O)C[C@@H]1CCC[C@H]1N)c1ccc(F)cc1.Cl. The molecule has 3 nitrogen and oxygen atoms in total. The van der Waals surface area contributed by atoms with Crippen LogP contribution in [0.2, 0.25) is 0 Å². The van der Waals surface area contributed by atoms with Gasteiger partial charge in [-0.15, -0.1) is 12.4 Å². The third-order valence-electron chi connectivity index (χ3n) is 3.91. The van der Waals surface area contributed by atoms with E-state index in [9.17, 15) is 9.18 Å². The Bertz CT molecular complexity index is 438. The van der Waals surface area contributed by atoms with Crippen LogP contribution in [0.1, 0.15) is 32.6 Å². The molecule has 0 heterocycles. The van der Waals surface area contributed by atoms with Gasteiger partial charge in [-0.05, 0) is 49.9 Å². The molecule has 2 N–H and O–H groups in total. The Morgan fingerprint density at radius 2 is 2.00 bits per heavy atom. The largest absolute Gasteiger partial charge is 0.327 e. The first kappa shape index (κ1) is 16.9. The summed E-state index contributed by atoms with van der Waals surface area (Å²) < 4.78 is 12.9. The lowest BCUT2D eigenvalue weighted by Crippen LogP contribution is -2.35. The number of hydrogen-bond acceptors (Lipinski definition) is 2. The van der Waals surface area contributed by atoms with E-state index in [4.69, 9.17) is 5.73 Å². The van der Waals surface area contributed by atoms with Gasteiger partial charge in [0, 0.05) is 24.7 Å². The molecular weight excluding hydrogens is 279 g/mol. The van der Waals surface area contributed by atoms with Crippen molar-refractivity contribution in [1.82, 2.24) is 0 Å². The van der Waals surface area contributed by atoms with E-state index >= 15 is 0 Å². The van der Waals surface area contributed by atoms with Crippen LogP contribution < -0.4 is 10.6 Å². The van der Waals surface area contributed by atoms with Gasteiger partial charge in [0.2, 0.25) is 5.91 Å². The van der Waals surface area contributed by atoms with Gasteiger partial charge in [0.05, 0.1) is 0 Å². The Morgan fingerprint density at radius 1 is 1.35 bits per heavy atom. The lowest BCUT2D eigenvalue weighted by molar-refractivity contribution is -0.119. The van der Waals surface area contributed by atoms with E-state index in [-0.39, 0.29) is 30.2 Å². The molecule has 0 aliphatic heterocycles. The molecule has 1 aliphatic rings. The number of amides is 1. The Hall–Kier alpha value is -1.13. The predicted molar refractivity (Wildman–Crippen MR) is 81.6 cm³/mol. The Labute approximate surface area is 125 Å². The number of benzene rings is 1. The van der Waals surface area contributed by atoms with Crippen molar-refractivity contribution >= 4 is 24.0 Å². The van der Waals surface area contributed by atoms with Crippen molar-refractivity contribution in [3.63, 3.8) is 0 Å². The van der Waals surface area contributed by atoms with Crippen LogP contribution in [-0.4, -0.2) is 18.5 Å². The number of nitrogens with two attached hydrogens (primary N) is 1. The summed E-state index contributed by atoms with van der Waals surface area (Å²) in [4.78, 5) is 14.0. The Morgan fingerprint density at radius 3 is 2.50 bits per heavy atom. The number of rotatable bonds is 4. The molecule has 0 unspecified atom stereocenters. The van der Waals surface area contributed by atoms with Crippen LogP contribution in [0, 0.1) is 11.7 Å². The second kappa shape index (κ2) is 7.60. The van der Waals surface area contributed by atoms with Crippen LogP contribution in [0.15, 0.2) is 24.3 Å². The van der Waals surface area contributed by atoms with Gasteiger partial charge in [-0.1, -0.05) is 6.42 Å². The average Bonchev–Trinajstić information content (AvgIpc) is 2.78. The van der Waals surface area contributed by atoms with Crippen molar-refractivity contribution < 1.29 is 9.18 Å². The standard InChI is InChI=1S/C15H21FN2O.ClH/c1-2-18(13-8-6-12(16)7-9-13)15(19)10-11-4-3-5-14(11)17;/h6-9,11,14H,2-5,10,17H2,1H3;1H/t11-,14+;/m0./s1. The summed E-state index contributed by atoms with van der Waals surface area (Å²) >= 11 is 0. The second-order valence-corrected chi connectivity index (χ2v) is 5.17. The summed E-state index contributed by atoms with van der Waals surface area (Å²) in [6.07, 6.45) is 3.66. The van der Waals surface area contributed by atoms with Crippen LogP contribution >= 0.6 is 12.4 Å². The molecule has 0 saturated heterocycles. The molecule has 0 bridgehead atoms. The van der Waals surface area contributed by atoms with Gasteiger partial charge in [-0.25, -0.2) is 4.39 Å². The minimum absolute atomic E-state index is 0. The van der Waals surface area contributed by atoms with Gasteiger partial charge in [0.25, 0.3) is 0 Å². The van der Waals surface area contributed by atoms with E-state index < -0.39 is 0 Å². The van der Waals surface area contributed by atoms with Crippen LogP contribution in [0.4, 0.5) is 10.1 Å². The molecule has 1 fully saturated rings. The molecule has 20 heavy (non-hydrogen) atoms. The molecule has 1 aromatic carbocycles. The normalized spacial score (nSPS) is 21.4. The van der Waals surface area contributed by atoms with E-state index in [0.29, 0.717) is 18.9 Å². The molecule has 2 atom stereocenters. The summed E-state index contributed by atoms with van der Waals surface area (Å²) in [6.45, 7) is 2.52. The quantitative estimate of drug-likeness (QED) is 0.928. The maximum absolute atomic E-state index is 12.9. The smallest absolute Gasteiger partial charge is 0.227 e. The minimum atomic E-state index is -0.287. The zero-order valence-electron chi connectivity index (χ0n) is 11.7. The Kier molecular flexibility index (Phi) is 6.43. The van der Waals surface area contributed by atoms with E-state index in [1.807, 2.05) is 6.92 Å². The highest BCUT2D eigenvalue weighted by atomic mass is 35.5. The molecular formula is C15H22ClFN2O. The first-order valence-corrected chi connectivity index (χ1v) is 6.93. The van der Waals surface area contributed by atoms with Gasteiger partial charge in [-0.3, -0.25) is 4.79 Å². The van der Waals surface area contributed by atoms with Crippen LogP contribution in [0.25, 0.3) is 0 Å². The molecule has 1 aliphatic carbocycles. The van der Waals surface area contributed by atoms with E-state index in [1.165, 1.54) is 12.1 Å². The van der Waals surface area contributed by atoms with E-state index in [1.54, 1.807) is 17.0 Å². The lowest BCUT2D eigenvalue weighted by atomic mass is 9.99. The predicted octanol–water partition coefficient (Wildman–Crippen LogP) is 3.12. The number of hydrogen-bond donors (Lipinski definition) is 1. The lowest BCUT2D eigenvalue weighted by Gasteiger charge is -2.24. The first-order valence-electron chi connectivity index (χ1n) is 6.93. The fourth-order valence-corrected chi connectivity index (χ4v) is 2.78. The third-order valence-corrected chi connectivity index (χ3v) is 3.91. The summed E-state index contributed by atoms with van der Waals surface area (Å²) in [5.41, 5.74) is 6.76. The molecule has 2 rings (SSSR count). The van der Waals surface area contributed by atoms with Gasteiger partial charge in [0.1, 0.15) is 5.82 Å². The maximum Gasteiger partial charge on any atom is 0.227 e. The molecule has 0 aromatic heterocycles. The number of anilines is 1. The van der Waals surface area contributed by atoms with Crippen molar-refractivity contribution in [2.75, 3.05) is 11.4 Å². The van der Waals surface area contributed by atoms with Gasteiger partial charge in [0.15, 0.2) is 0 Å². The number of halogens is 2. The van der Waals surface area contributed by atoms with Gasteiger partial charge in [-0.2, -0.15) is 0 Å². The number of carbonyl (C=O) groups is 1. The zero-order valence-corrected chi connectivity index (χ0v) is 12.5. The topological polar surface area (TPSA) is 46.3 Å². The minimum Gasteiger partial charge on any atom is -0.327 e. The zero-order chi connectivity index (χ0) is 13.8. The van der Waals surface area contributed by atoms with Crippen molar-refractivity contribution in [2.45, 2.75) is 38.6 Å². The van der Waals surface area contributed by atoms with E-state index in [2.05, 4.69) is 0 Å². The summed E-state index contributed by atoms with van der Waals surface area (Å²) in [7, 11) is 0. The highest BCUT2D eigenvalue weighted by molar-refractivity contribution is 5.93. The molecule has 0 spiro atoms. The third kappa shape index (κ3) is 3.93. The highest BCUT2D eigenvalue weighted by Crippen LogP contribution is 2.28. The first-order chi connectivity index (χ1) is 9.11. The molecule has 1 saturated carbocycles. The summed E-state index contributed by atoms with van der Waals surface area (Å²) in [5, 5.41) is 0. The van der Waals surface area contributed by atoms with Crippen molar-refractivity contribution in [2.24, 2.45) is 11.7 Å². The van der Waals surface area contributed by atoms with Crippen molar-refractivity contribution in [3.05, 3.63) is 30.1 Å². The van der Waals surface area contributed by atoms with Gasteiger partial charge >= 0.3 is 0 Å². The van der Waals surface area contributed by atoms with E-state index in [0.717, 1.165) is 24.9 Å². The number of carbonyl (C=O) groups excluding carboxylic acids is 1. The van der Waals surface area contributed by atoms with Crippen molar-refractivity contribution in [1.29, 1.82) is 0 Å². The fraction of sp³-hybridized carbons (Fsp3) is 0.533. The Balaban J connectivity index is 0.00000200. The van der Waals surface area contributed by atoms with Crippen LogP contribution in [-0.2, 0) is 4.79 Å².